The summed E-state index contributed by atoms with van der Waals surface area (Å²) < 4.78 is 1.51. The third-order valence-electron chi connectivity index (χ3n) is 5.35. The van der Waals surface area contributed by atoms with Crippen LogP contribution < -0.4 is 21.7 Å². The number of aromatic amines is 2. The fourth-order valence-corrected chi connectivity index (χ4v) is 3.71. The van der Waals surface area contributed by atoms with Gasteiger partial charge < -0.3 is 15.4 Å². The van der Waals surface area contributed by atoms with E-state index in [1.165, 1.54) is 4.52 Å². The van der Waals surface area contributed by atoms with Gasteiger partial charge in [0.05, 0.1) is 18.3 Å². The molecule has 11 heteroatoms. The van der Waals surface area contributed by atoms with Gasteiger partial charge in [0, 0.05) is 10.2 Å². The van der Waals surface area contributed by atoms with Gasteiger partial charge in [-0.15, -0.1) is 0 Å². The normalized spacial score (nSPS) is 15.7. The molecule has 3 heterocycles. The van der Waals surface area contributed by atoms with E-state index in [-0.39, 0.29) is 29.2 Å². The maximum absolute atomic E-state index is 11.5. The van der Waals surface area contributed by atoms with Gasteiger partial charge in [-0.05, 0) is 43.5 Å². The number of fused-ring (bicyclic) bond motifs is 1. The van der Waals surface area contributed by atoms with Gasteiger partial charge in [0.15, 0.2) is 17.0 Å². The van der Waals surface area contributed by atoms with E-state index in [0.717, 1.165) is 18.4 Å². The first-order chi connectivity index (χ1) is 15.9. The van der Waals surface area contributed by atoms with Crippen molar-refractivity contribution in [3.63, 3.8) is 0 Å². The molecule has 1 atom stereocenters. The topological polar surface area (TPSA) is 147 Å². The number of aromatic nitrogens is 5. The SMILES string of the molecule is C[C@H](Nc1nc2c(=Cc3[nH]c(=O)[nH]c3O)cnn2c(=NC2CC2)c1C#N)c1cccc(Cl)c1. The summed E-state index contributed by atoms with van der Waals surface area (Å²) in [5, 5.41) is 28.7. The van der Waals surface area contributed by atoms with E-state index in [2.05, 4.69) is 31.4 Å². The van der Waals surface area contributed by atoms with Gasteiger partial charge in [0.2, 0.25) is 5.88 Å². The Hall–Kier alpha value is -4.10. The summed E-state index contributed by atoms with van der Waals surface area (Å²) in [5.41, 5.74) is 1.73. The van der Waals surface area contributed by atoms with Crippen molar-refractivity contribution in [3.8, 4) is 11.9 Å². The Morgan fingerprint density at radius 3 is 2.91 bits per heavy atom. The lowest BCUT2D eigenvalue weighted by atomic mass is 10.1. The minimum Gasteiger partial charge on any atom is -0.493 e. The van der Waals surface area contributed by atoms with E-state index in [4.69, 9.17) is 16.6 Å². The first-order valence-electron chi connectivity index (χ1n) is 10.3. The lowest BCUT2D eigenvalue weighted by molar-refractivity contribution is 0.454. The van der Waals surface area contributed by atoms with Crippen LogP contribution in [0.3, 0.4) is 0 Å². The van der Waals surface area contributed by atoms with Crippen molar-refractivity contribution in [2.45, 2.75) is 31.8 Å². The monoisotopic (exact) mass is 462 g/mol. The number of halogens is 1. The van der Waals surface area contributed by atoms with Gasteiger partial charge in [-0.2, -0.15) is 14.9 Å². The minimum atomic E-state index is -0.530. The molecule has 0 unspecified atom stereocenters. The molecule has 1 saturated carbocycles. The molecule has 0 aliphatic heterocycles. The van der Waals surface area contributed by atoms with E-state index in [1.54, 1.807) is 18.3 Å². The number of imidazole rings is 1. The van der Waals surface area contributed by atoms with Gasteiger partial charge in [-0.25, -0.2) is 9.78 Å². The molecule has 1 fully saturated rings. The molecule has 0 amide bonds. The van der Waals surface area contributed by atoms with Crippen LogP contribution in [0.4, 0.5) is 5.82 Å². The van der Waals surface area contributed by atoms with Crippen molar-refractivity contribution < 1.29 is 5.11 Å². The zero-order chi connectivity index (χ0) is 23.1. The van der Waals surface area contributed by atoms with Crippen molar-refractivity contribution in [1.29, 1.82) is 5.26 Å². The Morgan fingerprint density at radius 1 is 1.42 bits per heavy atom. The van der Waals surface area contributed by atoms with Crippen molar-refractivity contribution >= 4 is 29.1 Å². The molecule has 5 rings (SSSR count). The molecule has 0 bridgehead atoms. The van der Waals surface area contributed by atoms with Gasteiger partial charge in [0.1, 0.15) is 17.3 Å². The van der Waals surface area contributed by atoms with Crippen LogP contribution in [-0.2, 0) is 0 Å². The Kier molecular flexibility index (Phi) is 5.11. The predicted octanol–water partition coefficient (Wildman–Crippen LogP) is 1.76. The molecule has 3 aromatic heterocycles. The quantitative estimate of drug-likeness (QED) is 0.355. The highest BCUT2D eigenvalue weighted by Crippen LogP contribution is 2.24. The number of nitrogens with zero attached hydrogens (tertiary/aromatic N) is 5. The van der Waals surface area contributed by atoms with Crippen molar-refractivity contribution in [2.75, 3.05) is 5.32 Å². The molecule has 4 aromatic rings. The average Bonchev–Trinajstić information content (AvgIpc) is 3.43. The van der Waals surface area contributed by atoms with Crippen LogP contribution in [0.15, 0.2) is 40.2 Å². The van der Waals surface area contributed by atoms with E-state index in [9.17, 15) is 15.2 Å². The van der Waals surface area contributed by atoms with Crippen molar-refractivity contribution in [3.05, 3.63) is 73.5 Å². The Balaban J connectivity index is 1.70. The fraction of sp³-hybridized carbons (Fsp3) is 0.227. The Labute approximate surface area is 191 Å². The first-order valence-corrected chi connectivity index (χ1v) is 10.7. The second-order valence-corrected chi connectivity index (χ2v) is 8.31. The molecule has 10 nitrogen and oxygen atoms in total. The molecule has 1 aromatic carbocycles. The van der Waals surface area contributed by atoms with Crippen LogP contribution in [0.1, 0.15) is 42.6 Å². The minimum absolute atomic E-state index is 0.141. The summed E-state index contributed by atoms with van der Waals surface area (Å²) in [6.45, 7) is 1.95. The largest absolute Gasteiger partial charge is 0.493 e. The summed E-state index contributed by atoms with van der Waals surface area (Å²) in [6, 6.07) is 9.61. The lowest BCUT2D eigenvalue weighted by Gasteiger charge is -2.16. The van der Waals surface area contributed by atoms with Gasteiger partial charge >= 0.3 is 5.69 Å². The number of benzene rings is 1. The highest BCUT2D eigenvalue weighted by atomic mass is 35.5. The standard InChI is InChI=1S/C22H19ClN8O2/c1-11(12-3-2-4-14(23)7-12)26-18-16(9-24)20(27-15-5-6-15)31-19(29-18)13(10-25-31)8-17-21(32)30-22(33)28-17/h2-4,7-8,10-11,15,26,32H,5-6H2,1H3,(H2,28,30,33)/t11-/m0/s1. The number of anilines is 1. The number of hydrogen-bond acceptors (Lipinski definition) is 7. The van der Waals surface area contributed by atoms with Crippen LogP contribution >= 0.6 is 11.6 Å². The number of nitrogens with one attached hydrogen (secondary N) is 3. The van der Waals surface area contributed by atoms with Crippen LogP contribution in [0.25, 0.3) is 11.7 Å². The summed E-state index contributed by atoms with van der Waals surface area (Å²) in [7, 11) is 0. The van der Waals surface area contributed by atoms with E-state index >= 15 is 0 Å². The Morgan fingerprint density at radius 2 is 2.24 bits per heavy atom. The maximum atomic E-state index is 11.5. The molecule has 1 aliphatic rings. The second kappa shape index (κ2) is 8.11. The van der Waals surface area contributed by atoms with Crippen molar-refractivity contribution in [2.24, 2.45) is 4.99 Å². The lowest BCUT2D eigenvalue weighted by Crippen LogP contribution is -2.25. The number of hydrogen-bond donors (Lipinski definition) is 4. The number of aromatic hydroxyl groups is 1. The zero-order valence-electron chi connectivity index (χ0n) is 17.5. The van der Waals surface area contributed by atoms with E-state index in [0.29, 0.717) is 27.2 Å². The summed E-state index contributed by atoms with van der Waals surface area (Å²) >= 11 is 6.14. The third-order valence-corrected chi connectivity index (χ3v) is 5.59. The molecular formula is C22H19ClN8O2. The maximum Gasteiger partial charge on any atom is 0.326 e. The average molecular weight is 463 g/mol. The van der Waals surface area contributed by atoms with Crippen LogP contribution in [-0.4, -0.2) is 35.7 Å². The second-order valence-electron chi connectivity index (χ2n) is 7.87. The van der Waals surface area contributed by atoms with Crippen LogP contribution in [0, 0.1) is 11.3 Å². The van der Waals surface area contributed by atoms with Gasteiger partial charge in [-0.3, -0.25) is 9.98 Å². The predicted molar refractivity (Wildman–Crippen MR) is 122 cm³/mol. The van der Waals surface area contributed by atoms with Crippen LogP contribution in [0.5, 0.6) is 5.88 Å². The highest BCUT2D eigenvalue weighted by Gasteiger charge is 2.23. The van der Waals surface area contributed by atoms with Gasteiger partial charge in [0.25, 0.3) is 0 Å². The van der Waals surface area contributed by atoms with Crippen molar-refractivity contribution in [1.82, 2.24) is 24.6 Å². The molecule has 0 spiro atoms. The Bertz CT molecular complexity index is 1590. The summed E-state index contributed by atoms with van der Waals surface area (Å²) in [6.07, 6.45) is 5.01. The number of rotatable bonds is 5. The van der Waals surface area contributed by atoms with E-state index < -0.39 is 5.69 Å². The molecule has 33 heavy (non-hydrogen) atoms. The molecule has 166 valence electrons. The zero-order valence-corrected chi connectivity index (χ0v) is 18.3. The highest BCUT2D eigenvalue weighted by molar-refractivity contribution is 6.30. The fourth-order valence-electron chi connectivity index (χ4n) is 3.51. The number of H-pyrrole nitrogens is 2. The molecule has 0 saturated heterocycles. The van der Waals surface area contributed by atoms with E-state index in [1.807, 2.05) is 25.1 Å². The molecule has 1 aliphatic carbocycles. The number of nitriles is 1. The first kappa shape index (κ1) is 20.8. The summed E-state index contributed by atoms with van der Waals surface area (Å²) in [4.78, 5) is 25.7. The smallest absolute Gasteiger partial charge is 0.326 e. The van der Waals surface area contributed by atoms with Crippen LogP contribution in [0.2, 0.25) is 5.02 Å². The molecule has 4 N–H and O–H groups in total. The van der Waals surface area contributed by atoms with Gasteiger partial charge in [-0.1, -0.05) is 23.7 Å². The summed E-state index contributed by atoms with van der Waals surface area (Å²) in [5.74, 6) is 0.0719. The molecule has 0 radical (unpaired) electrons. The third kappa shape index (κ3) is 4.06. The molecular weight excluding hydrogens is 444 g/mol.